The van der Waals surface area contributed by atoms with Crippen LogP contribution in [0, 0.1) is 5.41 Å². The van der Waals surface area contributed by atoms with Gasteiger partial charge in [0.05, 0.1) is 0 Å². The molecule has 2 aromatic rings. The number of para-hydroxylation sites is 1. The zero-order valence-electron chi connectivity index (χ0n) is 15.3. The molecule has 0 fully saturated rings. The highest BCUT2D eigenvalue weighted by Crippen LogP contribution is 2.16. The minimum atomic E-state index is -0.568. The van der Waals surface area contributed by atoms with Crippen LogP contribution in [0.1, 0.15) is 37.7 Å². The summed E-state index contributed by atoms with van der Waals surface area (Å²) >= 11 is 0. The first kappa shape index (κ1) is 19.3. The highest BCUT2D eigenvalue weighted by Gasteiger charge is 2.20. The van der Waals surface area contributed by atoms with Crippen LogP contribution in [0.25, 0.3) is 10.9 Å². The molecule has 0 radical (unpaired) electrons. The van der Waals surface area contributed by atoms with Crippen LogP contribution in [-0.2, 0) is 4.74 Å². The molecule has 1 aromatic carbocycles. The molecule has 8 nitrogen and oxygen atoms in total. The molecule has 26 heavy (non-hydrogen) atoms. The third-order valence-electron chi connectivity index (χ3n) is 3.52. The molecule has 1 aromatic heterocycles. The van der Waals surface area contributed by atoms with E-state index >= 15 is 0 Å². The van der Waals surface area contributed by atoms with E-state index in [1.54, 1.807) is 26.8 Å². The second-order valence-corrected chi connectivity index (χ2v) is 6.89. The molecular weight excluding hydrogens is 334 g/mol. The summed E-state index contributed by atoms with van der Waals surface area (Å²) in [5, 5.41) is 11.2. The van der Waals surface area contributed by atoms with E-state index in [1.165, 1.54) is 4.90 Å². The Labute approximate surface area is 152 Å². The molecule has 0 aliphatic carbocycles. The van der Waals surface area contributed by atoms with E-state index in [9.17, 15) is 9.59 Å². The summed E-state index contributed by atoms with van der Waals surface area (Å²) in [7, 11) is 0. The van der Waals surface area contributed by atoms with Crippen LogP contribution in [0.5, 0.6) is 0 Å². The fraction of sp³-hybridized carbons (Fsp3) is 0.389. The summed E-state index contributed by atoms with van der Waals surface area (Å²) in [6.07, 6.45) is -0.0843. The van der Waals surface area contributed by atoms with Gasteiger partial charge in [0.25, 0.3) is 5.91 Å². The van der Waals surface area contributed by atoms with Crippen LogP contribution in [-0.4, -0.2) is 46.5 Å². The lowest BCUT2D eigenvalue weighted by molar-refractivity contribution is 0.0527. The Balaban J connectivity index is 1.93. The number of aromatic nitrogens is 1. The van der Waals surface area contributed by atoms with Gasteiger partial charge in [0, 0.05) is 24.0 Å². The lowest BCUT2D eigenvalue weighted by Crippen LogP contribution is -2.43. The maximum atomic E-state index is 12.6. The van der Waals surface area contributed by atoms with E-state index in [1.807, 2.05) is 24.3 Å². The number of carbonyl (C=O) groups is 2. The third-order valence-corrected chi connectivity index (χ3v) is 3.52. The minimum absolute atomic E-state index is 0.208. The maximum absolute atomic E-state index is 12.6. The molecule has 0 saturated heterocycles. The zero-order chi connectivity index (χ0) is 19.3. The molecule has 0 saturated carbocycles. The largest absolute Gasteiger partial charge is 0.444 e. The Morgan fingerprint density at radius 3 is 2.62 bits per heavy atom. The van der Waals surface area contributed by atoms with Crippen LogP contribution in [0.3, 0.4) is 0 Å². The van der Waals surface area contributed by atoms with Gasteiger partial charge in [-0.2, -0.15) is 0 Å². The number of hydrogen-bond acceptors (Lipinski definition) is 4. The first-order valence-electron chi connectivity index (χ1n) is 8.38. The lowest BCUT2D eigenvalue weighted by Gasteiger charge is -2.21. The highest BCUT2D eigenvalue weighted by molar-refractivity contribution is 6.05. The number of amides is 2. The van der Waals surface area contributed by atoms with E-state index in [0.29, 0.717) is 18.7 Å². The summed E-state index contributed by atoms with van der Waals surface area (Å²) in [6.45, 7) is 5.85. The fourth-order valence-electron chi connectivity index (χ4n) is 2.41. The lowest BCUT2D eigenvalue weighted by atomic mass is 10.2. The van der Waals surface area contributed by atoms with Crippen LogP contribution in [0.2, 0.25) is 0 Å². The van der Waals surface area contributed by atoms with Crippen LogP contribution < -0.4 is 11.1 Å². The number of fused-ring (bicyclic) bond motifs is 1. The average molecular weight is 359 g/mol. The molecule has 0 atom stereocenters. The Morgan fingerprint density at radius 1 is 1.31 bits per heavy atom. The van der Waals surface area contributed by atoms with Crippen molar-refractivity contribution in [3.63, 3.8) is 0 Å². The van der Waals surface area contributed by atoms with E-state index in [2.05, 4.69) is 10.3 Å². The van der Waals surface area contributed by atoms with Gasteiger partial charge in [-0.05, 0) is 39.3 Å². The van der Waals surface area contributed by atoms with Gasteiger partial charge in [-0.25, -0.2) is 4.79 Å². The monoisotopic (exact) mass is 359 g/mol. The average Bonchev–Trinajstić information content (AvgIpc) is 2.96. The molecule has 5 N–H and O–H groups in total. The van der Waals surface area contributed by atoms with Gasteiger partial charge in [0.2, 0.25) is 0 Å². The highest BCUT2D eigenvalue weighted by atomic mass is 16.6. The van der Waals surface area contributed by atoms with E-state index in [0.717, 1.165) is 10.9 Å². The van der Waals surface area contributed by atoms with Gasteiger partial charge in [-0.3, -0.25) is 15.1 Å². The van der Waals surface area contributed by atoms with Crippen molar-refractivity contribution in [3.8, 4) is 0 Å². The first-order valence-corrected chi connectivity index (χ1v) is 8.38. The molecular formula is C18H25N5O3. The van der Waals surface area contributed by atoms with Crippen molar-refractivity contribution >= 4 is 28.9 Å². The Hall–Kier alpha value is -3.03. The summed E-state index contributed by atoms with van der Waals surface area (Å²) in [5.74, 6) is -0.725. The molecule has 0 aliphatic rings. The van der Waals surface area contributed by atoms with Crippen molar-refractivity contribution in [2.24, 2.45) is 5.73 Å². The molecule has 2 rings (SSSR count). The number of benzene rings is 1. The topological polar surface area (TPSA) is 124 Å². The number of alkyl carbamates (subject to hydrolysis) is 1. The number of hydrogen-bond donors (Lipinski definition) is 4. The number of rotatable bonds is 5. The second kappa shape index (κ2) is 7.90. The number of carbonyl (C=O) groups excluding carboxylic acids is 2. The second-order valence-electron chi connectivity index (χ2n) is 6.89. The van der Waals surface area contributed by atoms with Gasteiger partial charge in [0.1, 0.15) is 11.3 Å². The van der Waals surface area contributed by atoms with Gasteiger partial charge in [0.15, 0.2) is 5.96 Å². The molecule has 8 heteroatoms. The van der Waals surface area contributed by atoms with Gasteiger partial charge in [-0.1, -0.05) is 18.2 Å². The number of H-pyrrole nitrogens is 1. The zero-order valence-corrected chi connectivity index (χ0v) is 15.3. The SMILES string of the molecule is CC(C)(C)OC(=O)NCCCN(C(=N)N)C(=O)c1cc2ccccc2[nH]1. The first-order chi connectivity index (χ1) is 12.2. The summed E-state index contributed by atoms with van der Waals surface area (Å²) in [6, 6.07) is 9.25. The van der Waals surface area contributed by atoms with Crippen molar-refractivity contribution in [2.75, 3.05) is 13.1 Å². The molecule has 2 amide bonds. The molecule has 0 spiro atoms. The number of nitrogens with zero attached hydrogens (tertiary/aromatic N) is 1. The van der Waals surface area contributed by atoms with Gasteiger partial charge >= 0.3 is 6.09 Å². The Bertz CT molecular complexity index is 774. The minimum Gasteiger partial charge on any atom is -0.444 e. The fourth-order valence-corrected chi connectivity index (χ4v) is 2.41. The number of nitrogens with one attached hydrogen (secondary N) is 3. The maximum Gasteiger partial charge on any atom is 0.407 e. The molecule has 0 aliphatic heterocycles. The van der Waals surface area contributed by atoms with Crippen LogP contribution >= 0.6 is 0 Å². The van der Waals surface area contributed by atoms with Crippen molar-refractivity contribution < 1.29 is 14.3 Å². The number of nitrogens with two attached hydrogens (primary N) is 1. The number of guanidine groups is 1. The smallest absolute Gasteiger partial charge is 0.407 e. The number of ether oxygens (including phenoxy) is 1. The predicted molar refractivity (Wildman–Crippen MR) is 100 cm³/mol. The standard InChI is InChI=1S/C18H25N5O3/c1-18(2,3)26-17(25)21-9-6-10-23(16(19)20)15(24)14-11-12-7-4-5-8-13(12)22-14/h4-5,7-8,11,22H,6,9-10H2,1-3H3,(H3,19,20)(H,21,25). The molecule has 0 unspecified atom stereocenters. The molecule has 0 bridgehead atoms. The van der Waals surface area contributed by atoms with Crippen LogP contribution in [0.15, 0.2) is 30.3 Å². The normalized spacial score (nSPS) is 11.2. The molecule has 140 valence electrons. The van der Waals surface area contributed by atoms with Crippen molar-refractivity contribution in [3.05, 3.63) is 36.0 Å². The van der Waals surface area contributed by atoms with Gasteiger partial charge < -0.3 is 20.8 Å². The van der Waals surface area contributed by atoms with Crippen molar-refractivity contribution in [1.29, 1.82) is 5.41 Å². The summed E-state index contributed by atoms with van der Waals surface area (Å²) < 4.78 is 5.14. The summed E-state index contributed by atoms with van der Waals surface area (Å²) in [4.78, 5) is 28.4. The summed E-state index contributed by atoms with van der Waals surface area (Å²) in [5.41, 5.74) is 6.19. The van der Waals surface area contributed by atoms with E-state index in [4.69, 9.17) is 15.9 Å². The van der Waals surface area contributed by atoms with E-state index < -0.39 is 11.7 Å². The number of aromatic amines is 1. The Kier molecular flexibility index (Phi) is 5.86. The van der Waals surface area contributed by atoms with E-state index in [-0.39, 0.29) is 18.4 Å². The molecule has 1 heterocycles. The Morgan fingerprint density at radius 2 is 2.00 bits per heavy atom. The van der Waals surface area contributed by atoms with Gasteiger partial charge in [-0.15, -0.1) is 0 Å². The van der Waals surface area contributed by atoms with Crippen molar-refractivity contribution in [1.82, 2.24) is 15.2 Å². The van der Waals surface area contributed by atoms with Crippen LogP contribution in [0.4, 0.5) is 4.79 Å². The van der Waals surface area contributed by atoms with Crippen molar-refractivity contribution in [2.45, 2.75) is 32.8 Å². The third kappa shape index (κ3) is 5.23. The predicted octanol–water partition coefficient (Wildman–Crippen LogP) is 2.42. The quantitative estimate of drug-likeness (QED) is 0.372.